The van der Waals surface area contributed by atoms with Crippen LogP contribution in [-0.2, 0) is 0 Å². The van der Waals surface area contributed by atoms with E-state index in [9.17, 15) is 4.79 Å². The molecule has 3 aromatic rings. The Bertz CT molecular complexity index is 1660. The van der Waals surface area contributed by atoms with Crippen LogP contribution >= 0.6 is 0 Å². The highest BCUT2D eigenvalue weighted by atomic mass is 16.5. The minimum Gasteiger partial charge on any atom is -0.491 e. The highest BCUT2D eigenvalue weighted by Gasteiger charge is 2.30. The maximum absolute atomic E-state index is 13.2. The molecule has 5 rings (SSSR count). The molecule has 0 spiro atoms. The summed E-state index contributed by atoms with van der Waals surface area (Å²) in [7, 11) is 0. The number of allylic oxidation sites excluding steroid dienone is 1. The number of ether oxygens (including phenoxy) is 2. The first-order chi connectivity index (χ1) is 22.3. The molecule has 0 bridgehead atoms. The van der Waals surface area contributed by atoms with Crippen LogP contribution in [0.2, 0.25) is 0 Å². The fourth-order valence-electron chi connectivity index (χ4n) is 5.74. The number of urea groups is 1. The van der Waals surface area contributed by atoms with Crippen LogP contribution in [0.15, 0.2) is 83.6 Å². The van der Waals surface area contributed by atoms with Crippen molar-refractivity contribution in [2.45, 2.75) is 51.2 Å². The third-order valence-corrected chi connectivity index (χ3v) is 7.86. The number of aliphatic hydroxyl groups is 1. The molecule has 2 aromatic carbocycles. The number of hydrogen-bond donors (Lipinski definition) is 6. The van der Waals surface area contributed by atoms with Gasteiger partial charge in [0, 0.05) is 24.9 Å². The number of hydrogen-bond acceptors (Lipinski definition) is 8. The Labute approximate surface area is 268 Å². The van der Waals surface area contributed by atoms with Crippen molar-refractivity contribution < 1.29 is 19.4 Å². The van der Waals surface area contributed by atoms with Crippen LogP contribution in [0.25, 0.3) is 0 Å². The summed E-state index contributed by atoms with van der Waals surface area (Å²) in [5, 5.41) is 32.0. The number of piperidine rings is 1. The number of fused-ring (bicyclic) bond motifs is 1. The number of benzene rings is 2. The molecule has 0 radical (unpaired) electrons. The van der Waals surface area contributed by atoms with Crippen molar-refractivity contribution in [3.63, 3.8) is 0 Å². The Morgan fingerprint density at radius 2 is 1.85 bits per heavy atom. The molecule has 2 amide bonds. The smallest absolute Gasteiger partial charge is 0.320 e. The molecule has 1 fully saturated rings. The van der Waals surface area contributed by atoms with Gasteiger partial charge in [0.15, 0.2) is 0 Å². The van der Waals surface area contributed by atoms with Gasteiger partial charge in [0.05, 0.1) is 24.5 Å². The van der Waals surface area contributed by atoms with E-state index in [4.69, 9.17) is 31.1 Å². The molecule has 2 heterocycles. The summed E-state index contributed by atoms with van der Waals surface area (Å²) in [6.45, 7) is 3.41. The van der Waals surface area contributed by atoms with Gasteiger partial charge in [-0.15, -0.1) is 0 Å². The Balaban J connectivity index is 1.28. The van der Waals surface area contributed by atoms with Crippen molar-refractivity contribution in [1.82, 2.24) is 20.1 Å². The fraction of sp³-hybridized carbons (Fsp3) is 0.353. The van der Waals surface area contributed by atoms with Gasteiger partial charge in [-0.05, 0) is 80.5 Å². The van der Waals surface area contributed by atoms with E-state index >= 15 is 0 Å². The Hall–Kier alpha value is -5.10. The van der Waals surface area contributed by atoms with Gasteiger partial charge in [0.1, 0.15) is 35.5 Å². The summed E-state index contributed by atoms with van der Waals surface area (Å²) in [6.07, 6.45) is 7.60. The molecule has 242 valence electrons. The van der Waals surface area contributed by atoms with E-state index < -0.39 is 6.03 Å². The minimum atomic E-state index is -0.425. The summed E-state index contributed by atoms with van der Waals surface area (Å²) < 4.78 is 13.5. The lowest BCUT2D eigenvalue weighted by molar-refractivity contribution is 0.171. The zero-order chi connectivity index (χ0) is 32.5. The normalized spacial score (nSPS) is 18.3. The molecule has 0 saturated carbocycles. The number of aliphatic hydroxyl groups excluding tert-OH is 1. The SMILES string of the molecule is CC(N)=CC(=Nc1cccc(OCCO)c1)NC(=O)NC1CC[C@@H](Oc2ccc(=N)n(C(=N)N3CCCCC3)c2)c2ccccc21. The average Bonchev–Trinajstić information content (AvgIpc) is 3.05. The molecule has 12 heteroatoms. The van der Waals surface area contributed by atoms with E-state index in [1.54, 1.807) is 60.2 Å². The maximum Gasteiger partial charge on any atom is 0.320 e. The first-order valence-electron chi connectivity index (χ1n) is 15.6. The van der Waals surface area contributed by atoms with E-state index in [2.05, 4.69) is 15.6 Å². The van der Waals surface area contributed by atoms with Crippen molar-refractivity contribution in [1.29, 1.82) is 10.8 Å². The third kappa shape index (κ3) is 8.33. The first kappa shape index (κ1) is 32.3. The number of carbonyl (C=O) groups excluding carboxylic acids is 1. The standard InChI is InChI=1S/C34H42N8O4/c1-23(35)20-32(38-24-8-7-9-25(21-24)45-19-18-43)40-34(44)39-29-13-14-30(28-11-4-3-10-27(28)29)46-26-12-15-31(36)42(22-26)33(37)41-16-5-2-6-17-41/h3-4,7-12,15,20-22,29-30,36-37,43H,2,5-6,13-14,16-19,35H2,1H3,(H2,38,39,40,44)/t29?,30-/m1/s1. The van der Waals surface area contributed by atoms with E-state index in [-0.39, 0.29) is 36.7 Å². The van der Waals surface area contributed by atoms with Gasteiger partial charge in [0.25, 0.3) is 0 Å². The topological polar surface area (TPSA) is 174 Å². The molecular weight excluding hydrogens is 584 g/mol. The molecule has 7 N–H and O–H groups in total. The maximum atomic E-state index is 13.2. The fourth-order valence-corrected chi connectivity index (χ4v) is 5.74. The van der Waals surface area contributed by atoms with Crippen LogP contribution in [0.3, 0.4) is 0 Å². The van der Waals surface area contributed by atoms with Crippen molar-refractivity contribution in [2.75, 3.05) is 26.3 Å². The lowest BCUT2D eigenvalue weighted by Gasteiger charge is -2.33. The molecule has 2 atom stereocenters. The molecule has 1 aromatic heterocycles. The van der Waals surface area contributed by atoms with Gasteiger partial charge in [-0.25, -0.2) is 9.79 Å². The van der Waals surface area contributed by atoms with Crippen molar-refractivity contribution >= 4 is 23.5 Å². The number of aromatic nitrogens is 1. The predicted octanol–water partition coefficient (Wildman–Crippen LogP) is 4.45. The van der Waals surface area contributed by atoms with Crippen molar-refractivity contribution in [2.24, 2.45) is 10.7 Å². The summed E-state index contributed by atoms with van der Waals surface area (Å²) >= 11 is 0. The second-order valence-corrected chi connectivity index (χ2v) is 11.4. The van der Waals surface area contributed by atoms with E-state index in [0.717, 1.165) is 37.1 Å². The number of nitrogens with one attached hydrogen (secondary N) is 4. The zero-order valence-electron chi connectivity index (χ0n) is 26.0. The molecule has 1 saturated heterocycles. The Morgan fingerprint density at radius 3 is 2.61 bits per heavy atom. The quantitative estimate of drug-likeness (QED) is 0.159. The lowest BCUT2D eigenvalue weighted by atomic mass is 9.85. The van der Waals surface area contributed by atoms with Crippen molar-refractivity contribution in [3.8, 4) is 11.5 Å². The molecule has 1 unspecified atom stereocenters. The molecule has 1 aliphatic carbocycles. The van der Waals surface area contributed by atoms with Crippen LogP contribution in [0.5, 0.6) is 11.5 Å². The number of amidine groups is 1. The monoisotopic (exact) mass is 626 g/mol. The van der Waals surface area contributed by atoms with Gasteiger partial charge in [-0.1, -0.05) is 30.3 Å². The van der Waals surface area contributed by atoms with Gasteiger partial charge in [-0.2, -0.15) is 0 Å². The average molecular weight is 627 g/mol. The number of carbonyl (C=O) groups is 1. The van der Waals surface area contributed by atoms with E-state index in [1.165, 1.54) is 6.42 Å². The van der Waals surface area contributed by atoms with Gasteiger partial charge >= 0.3 is 6.03 Å². The highest BCUT2D eigenvalue weighted by Crippen LogP contribution is 2.38. The number of pyridine rings is 1. The first-order valence-corrected chi connectivity index (χ1v) is 15.6. The summed E-state index contributed by atoms with van der Waals surface area (Å²) in [6, 6.07) is 17.7. The Morgan fingerprint density at radius 1 is 1.07 bits per heavy atom. The molecule has 1 aliphatic heterocycles. The van der Waals surface area contributed by atoms with Crippen LogP contribution in [0.4, 0.5) is 10.5 Å². The molecule has 2 aliphatic rings. The van der Waals surface area contributed by atoms with Crippen molar-refractivity contribution in [3.05, 3.63) is 95.2 Å². The predicted molar refractivity (Wildman–Crippen MR) is 176 cm³/mol. The number of nitrogens with zero attached hydrogens (tertiary/aromatic N) is 3. The van der Waals surface area contributed by atoms with Crippen LogP contribution in [-0.4, -0.2) is 58.7 Å². The second-order valence-electron chi connectivity index (χ2n) is 11.4. The molecule has 46 heavy (non-hydrogen) atoms. The summed E-state index contributed by atoms with van der Waals surface area (Å²) in [4.78, 5) is 19.8. The van der Waals surface area contributed by atoms with Crippen LogP contribution < -0.4 is 31.3 Å². The second kappa shape index (κ2) is 15.3. The number of likely N-dealkylation sites (tertiary alicyclic amines) is 1. The number of amides is 2. The zero-order valence-corrected chi connectivity index (χ0v) is 26.0. The third-order valence-electron chi connectivity index (χ3n) is 7.86. The van der Waals surface area contributed by atoms with E-state index in [1.807, 2.05) is 29.2 Å². The van der Waals surface area contributed by atoms with Gasteiger partial charge in [0.2, 0.25) is 5.96 Å². The van der Waals surface area contributed by atoms with Crippen LogP contribution in [0, 0.1) is 10.8 Å². The number of nitrogens with two attached hydrogens (primary N) is 1. The Kier molecular flexibility index (Phi) is 10.7. The molecule has 12 nitrogen and oxygen atoms in total. The highest BCUT2D eigenvalue weighted by molar-refractivity contribution is 6.05. The summed E-state index contributed by atoms with van der Waals surface area (Å²) in [5.74, 6) is 1.69. The van der Waals surface area contributed by atoms with Gasteiger partial charge in [-0.3, -0.25) is 20.7 Å². The summed E-state index contributed by atoms with van der Waals surface area (Å²) in [5.41, 5.74) is 9.11. The number of rotatable bonds is 8. The van der Waals surface area contributed by atoms with Crippen LogP contribution in [0.1, 0.15) is 62.3 Å². The molecular formula is C34H42N8O4. The van der Waals surface area contributed by atoms with E-state index in [0.29, 0.717) is 41.7 Å². The lowest BCUT2D eigenvalue weighted by Crippen LogP contribution is -2.43. The number of aliphatic imine (C=N–C) groups is 1. The van der Waals surface area contributed by atoms with Gasteiger partial charge < -0.3 is 30.5 Å². The minimum absolute atomic E-state index is 0.101. The largest absolute Gasteiger partial charge is 0.491 e.